The smallest absolute Gasteiger partial charge is 0.449 e. The van der Waals surface area contributed by atoms with Gasteiger partial charge in [-0.05, 0) is 38.0 Å². The van der Waals surface area contributed by atoms with E-state index in [1.165, 1.54) is 0 Å². The molecule has 2 saturated carbocycles. The average molecular weight is 508 g/mol. The zero-order valence-corrected chi connectivity index (χ0v) is 19.5. The van der Waals surface area contributed by atoms with Crippen LogP contribution in [0, 0.1) is 23.7 Å². The van der Waals surface area contributed by atoms with Crippen molar-refractivity contribution in [3.8, 4) is 0 Å². The third-order valence-corrected chi connectivity index (χ3v) is 7.83. The normalized spacial score (nSPS) is 36.9. The molecule has 2 heterocycles. The number of nitrogens with zero attached hydrogens (tertiary/aromatic N) is 3. The fourth-order valence-electron chi connectivity index (χ4n) is 5.90. The Morgan fingerprint density at radius 3 is 2.29 bits per heavy atom. The van der Waals surface area contributed by atoms with Gasteiger partial charge in [0.1, 0.15) is 6.17 Å². The summed E-state index contributed by atoms with van der Waals surface area (Å²) in [6.07, 6.45) is -6.71. The van der Waals surface area contributed by atoms with Crippen LogP contribution in [-0.2, 0) is 14.3 Å². The van der Waals surface area contributed by atoms with Gasteiger partial charge in [0.2, 0.25) is 5.91 Å². The lowest BCUT2D eigenvalue weighted by Crippen LogP contribution is -2.44. The molecule has 7 unspecified atom stereocenters. The molecule has 2 aliphatic carbocycles. The van der Waals surface area contributed by atoms with E-state index >= 15 is 0 Å². The number of nitrogens with two attached hydrogens (primary N) is 2. The molecule has 198 valence electrons. The fraction of sp³-hybridized carbons (Fsp3) is 0.864. The first-order valence-corrected chi connectivity index (χ1v) is 12.1. The molecule has 0 bridgehead atoms. The first kappa shape index (κ1) is 25.9. The molecule has 4 rings (SSSR count). The Balaban J connectivity index is 1.19. The SMILES string of the molecule is N/N=C1\CC(C(=O)N2CC3CN(C(=O)OCC4CCC(OC(F)(F)F)C(F)C4)CC3C2)CCC1N. The lowest BCUT2D eigenvalue weighted by atomic mass is 9.84. The summed E-state index contributed by atoms with van der Waals surface area (Å²) in [7, 11) is 0. The number of fused-ring (bicyclic) bond motifs is 1. The van der Waals surface area contributed by atoms with E-state index in [0.29, 0.717) is 57.6 Å². The lowest BCUT2D eigenvalue weighted by Gasteiger charge is -2.32. The molecule has 0 aromatic heterocycles. The molecule has 4 fully saturated rings. The zero-order valence-electron chi connectivity index (χ0n) is 19.5. The molecule has 4 aliphatic rings. The molecule has 0 radical (unpaired) electrons. The number of likely N-dealkylation sites (tertiary alicyclic amines) is 2. The van der Waals surface area contributed by atoms with Gasteiger partial charge in [-0.1, -0.05) is 0 Å². The quantitative estimate of drug-likeness (QED) is 0.341. The second-order valence-corrected chi connectivity index (χ2v) is 10.2. The maximum absolute atomic E-state index is 14.1. The Morgan fingerprint density at radius 1 is 1.03 bits per heavy atom. The number of hydrogen-bond acceptors (Lipinski definition) is 7. The van der Waals surface area contributed by atoms with E-state index in [4.69, 9.17) is 16.3 Å². The molecule has 2 saturated heterocycles. The van der Waals surface area contributed by atoms with Crippen LogP contribution in [-0.4, -0.2) is 85.0 Å². The van der Waals surface area contributed by atoms with Crippen molar-refractivity contribution in [1.29, 1.82) is 0 Å². The zero-order chi connectivity index (χ0) is 25.3. The van der Waals surface area contributed by atoms with E-state index in [0.717, 1.165) is 0 Å². The van der Waals surface area contributed by atoms with Gasteiger partial charge < -0.3 is 26.1 Å². The fourth-order valence-corrected chi connectivity index (χ4v) is 5.90. The van der Waals surface area contributed by atoms with E-state index < -0.39 is 24.7 Å². The van der Waals surface area contributed by atoms with E-state index in [2.05, 4.69) is 9.84 Å². The molecule has 0 aromatic rings. The number of hydrogen-bond donors (Lipinski definition) is 2. The number of alkyl halides is 4. The maximum atomic E-state index is 14.1. The van der Waals surface area contributed by atoms with Crippen LogP contribution in [0.15, 0.2) is 5.10 Å². The minimum absolute atomic E-state index is 0.0384. The van der Waals surface area contributed by atoms with Crippen LogP contribution in [0.5, 0.6) is 0 Å². The largest absolute Gasteiger partial charge is 0.522 e. The van der Waals surface area contributed by atoms with Gasteiger partial charge in [0.15, 0.2) is 0 Å². The van der Waals surface area contributed by atoms with Crippen LogP contribution in [0.25, 0.3) is 0 Å². The summed E-state index contributed by atoms with van der Waals surface area (Å²) in [5.41, 5.74) is 6.65. The maximum Gasteiger partial charge on any atom is 0.522 e. The summed E-state index contributed by atoms with van der Waals surface area (Å²) in [5, 5.41) is 3.74. The van der Waals surface area contributed by atoms with Crippen molar-refractivity contribution in [2.75, 3.05) is 32.8 Å². The topological polar surface area (TPSA) is 123 Å². The van der Waals surface area contributed by atoms with E-state index in [-0.39, 0.29) is 55.1 Å². The predicted octanol–water partition coefficient (Wildman–Crippen LogP) is 2.00. The lowest BCUT2D eigenvalue weighted by molar-refractivity contribution is -0.351. The molecule has 0 spiro atoms. The highest BCUT2D eigenvalue weighted by atomic mass is 19.4. The molecular formula is C22H33F4N5O4. The number of ether oxygens (including phenoxy) is 2. The van der Waals surface area contributed by atoms with Crippen molar-refractivity contribution in [2.45, 2.75) is 63.2 Å². The number of rotatable bonds is 4. The Hall–Kier alpha value is -2.15. The van der Waals surface area contributed by atoms with Gasteiger partial charge in [-0.3, -0.25) is 9.53 Å². The van der Waals surface area contributed by atoms with E-state index in [1.54, 1.807) is 4.90 Å². The van der Waals surface area contributed by atoms with Gasteiger partial charge in [-0.25, -0.2) is 9.18 Å². The molecule has 2 aliphatic heterocycles. The second-order valence-electron chi connectivity index (χ2n) is 10.2. The summed E-state index contributed by atoms with van der Waals surface area (Å²) in [6, 6.07) is -0.194. The summed E-state index contributed by atoms with van der Waals surface area (Å²) in [6.45, 7) is 2.03. The first-order valence-electron chi connectivity index (χ1n) is 12.1. The third-order valence-electron chi connectivity index (χ3n) is 7.83. The van der Waals surface area contributed by atoms with Gasteiger partial charge in [0.05, 0.1) is 18.4 Å². The van der Waals surface area contributed by atoms with Crippen LogP contribution in [0.3, 0.4) is 0 Å². The third kappa shape index (κ3) is 6.16. The number of halogens is 4. The van der Waals surface area contributed by atoms with Crippen molar-refractivity contribution >= 4 is 17.7 Å². The van der Waals surface area contributed by atoms with E-state index in [1.807, 2.05) is 4.90 Å². The number of carbonyl (C=O) groups excluding carboxylic acids is 2. The second kappa shape index (κ2) is 10.5. The van der Waals surface area contributed by atoms with Gasteiger partial charge >= 0.3 is 12.5 Å². The molecule has 9 nitrogen and oxygen atoms in total. The Kier molecular flexibility index (Phi) is 7.74. The molecule has 2 amide bonds. The van der Waals surface area contributed by atoms with Crippen LogP contribution in [0.1, 0.15) is 38.5 Å². The number of amides is 2. The van der Waals surface area contributed by atoms with Crippen molar-refractivity contribution < 1.29 is 36.6 Å². The predicted molar refractivity (Wildman–Crippen MR) is 117 cm³/mol. The van der Waals surface area contributed by atoms with Gasteiger partial charge in [-0.2, -0.15) is 5.10 Å². The molecule has 0 aromatic carbocycles. The van der Waals surface area contributed by atoms with Gasteiger partial charge in [0.25, 0.3) is 0 Å². The monoisotopic (exact) mass is 507 g/mol. The molecular weight excluding hydrogens is 474 g/mol. The number of carbonyl (C=O) groups is 2. The van der Waals surface area contributed by atoms with Crippen molar-refractivity contribution in [3.63, 3.8) is 0 Å². The Morgan fingerprint density at radius 2 is 1.69 bits per heavy atom. The minimum atomic E-state index is -4.87. The molecule has 7 atom stereocenters. The highest BCUT2D eigenvalue weighted by Gasteiger charge is 2.45. The summed E-state index contributed by atoms with van der Waals surface area (Å²) < 4.78 is 60.3. The van der Waals surface area contributed by atoms with E-state index in [9.17, 15) is 27.2 Å². The Bertz CT molecular complexity index is 814. The minimum Gasteiger partial charge on any atom is -0.449 e. The van der Waals surface area contributed by atoms with Gasteiger partial charge in [-0.15, -0.1) is 13.2 Å². The van der Waals surface area contributed by atoms with Crippen molar-refractivity contribution in [3.05, 3.63) is 0 Å². The van der Waals surface area contributed by atoms with Gasteiger partial charge in [0, 0.05) is 56.4 Å². The highest BCUT2D eigenvalue weighted by molar-refractivity contribution is 5.94. The summed E-state index contributed by atoms with van der Waals surface area (Å²) in [4.78, 5) is 29.0. The van der Waals surface area contributed by atoms with Crippen LogP contribution >= 0.6 is 0 Å². The van der Waals surface area contributed by atoms with Crippen LogP contribution < -0.4 is 11.6 Å². The molecule has 4 N–H and O–H groups in total. The summed E-state index contributed by atoms with van der Waals surface area (Å²) >= 11 is 0. The Labute approximate surface area is 201 Å². The van der Waals surface area contributed by atoms with Crippen LogP contribution in [0.4, 0.5) is 22.4 Å². The molecule has 13 heteroatoms. The number of hydrazone groups is 1. The average Bonchev–Trinajstić information content (AvgIpc) is 3.38. The van der Waals surface area contributed by atoms with Crippen molar-refractivity contribution in [2.24, 2.45) is 40.3 Å². The van der Waals surface area contributed by atoms with Crippen molar-refractivity contribution in [1.82, 2.24) is 9.80 Å². The van der Waals surface area contributed by atoms with Crippen LogP contribution in [0.2, 0.25) is 0 Å². The summed E-state index contributed by atoms with van der Waals surface area (Å²) in [5.74, 6) is 5.28. The standard InChI is InChI=1S/C22H33F4N5O4/c23-16-5-12(1-4-19(16)35-22(24,25)26)11-34-21(33)31-9-14-7-30(8-15(14)10-31)20(32)13-2-3-17(27)18(6-13)29-28/h12-17,19H,1-11,27-28H2/b29-18+. The highest BCUT2D eigenvalue weighted by Crippen LogP contribution is 2.35. The first-order chi connectivity index (χ1) is 16.5. The molecule has 35 heavy (non-hydrogen) atoms.